The van der Waals surface area contributed by atoms with Gasteiger partial charge in [0, 0.05) is 50.4 Å². The first kappa shape index (κ1) is 23.4. The van der Waals surface area contributed by atoms with Crippen LogP contribution in [0.3, 0.4) is 0 Å². The third-order valence-corrected chi connectivity index (χ3v) is 6.09. The number of nitrogens with zero attached hydrogens (tertiary/aromatic N) is 3. The molecule has 0 atom stereocenters. The second-order valence-corrected chi connectivity index (χ2v) is 8.07. The fourth-order valence-electron chi connectivity index (χ4n) is 3.37. The molecular weight excluding hydrogens is 403 g/mol. The first-order valence-corrected chi connectivity index (χ1v) is 10.9. The summed E-state index contributed by atoms with van der Waals surface area (Å²) in [6.07, 6.45) is -0.586. The summed E-state index contributed by atoms with van der Waals surface area (Å²) in [5.74, 6) is 0.970. The van der Waals surface area contributed by atoms with E-state index in [-0.39, 0.29) is 17.9 Å². The smallest absolute Gasteiger partial charge is 0.356 e. The van der Waals surface area contributed by atoms with Crippen LogP contribution in [0.2, 0.25) is 0 Å². The first-order valence-electron chi connectivity index (χ1n) is 10.1. The van der Waals surface area contributed by atoms with Crippen molar-refractivity contribution in [3.63, 3.8) is 0 Å². The van der Waals surface area contributed by atoms with E-state index in [4.69, 9.17) is 0 Å². The van der Waals surface area contributed by atoms with Gasteiger partial charge in [-0.2, -0.15) is 13.2 Å². The molecule has 0 aliphatic carbocycles. The molecule has 1 aliphatic heterocycles. The van der Waals surface area contributed by atoms with Crippen LogP contribution in [-0.2, 0) is 17.4 Å². The topological polar surface area (TPSA) is 69.6 Å². The maximum atomic E-state index is 12.6. The molecule has 0 unspecified atom stereocenters. The molecular formula is C19H30F3N5OS. The van der Waals surface area contributed by atoms with E-state index in [2.05, 4.69) is 20.6 Å². The van der Waals surface area contributed by atoms with Crippen LogP contribution in [0.4, 0.5) is 13.2 Å². The van der Waals surface area contributed by atoms with Crippen LogP contribution in [0, 0.1) is 5.92 Å². The van der Waals surface area contributed by atoms with Crippen molar-refractivity contribution < 1.29 is 18.0 Å². The molecule has 29 heavy (non-hydrogen) atoms. The largest absolute Gasteiger partial charge is 0.434 e. The molecule has 1 aliphatic rings. The fourth-order valence-corrected chi connectivity index (χ4v) is 4.18. The zero-order chi connectivity index (χ0) is 21.4. The number of likely N-dealkylation sites (tertiary alicyclic amines) is 1. The zero-order valence-electron chi connectivity index (χ0n) is 17.2. The number of guanidine groups is 1. The van der Waals surface area contributed by atoms with Crippen LogP contribution in [0.25, 0.3) is 0 Å². The molecule has 0 radical (unpaired) electrons. The van der Waals surface area contributed by atoms with Crippen molar-refractivity contribution in [1.82, 2.24) is 20.5 Å². The van der Waals surface area contributed by atoms with Crippen molar-refractivity contribution in [3.05, 3.63) is 16.1 Å². The minimum absolute atomic E-state index is 0.109. The highest BCUT2D eigenvalue weighted by atomic mass is 32.1. The number of thiazole rings is 1. The number of aliphatic imine (C=N–C) groups is 1. The average Bonchev–Trinajstić information content (AvgIpc) is 3.18. The maximum absolute atomic E-state index is 12.6. The number of amides is 1. The highest BCUT2D eigenvalue weighted by Crippen LogP contribution is 2.30. The summed E-state index contributed by atoms with van der Waals surface area (Å²) in [7, 11) is 1.66. The highest BCUT2D eigenvalue weighted by Gasteiger charge is 2.33. The van der Waals surface area contributed by atoms with E-state index < -0.39 is 11.9 Å². The highest BCUT2D eigenvalue weighted by molar-refractivity contribution is 7.09. The number of carbonyl (C=O) groups is 1. The molecule has 1 saturated heterocycles. The normalized spacial score (nSPS) is 16.4. The molecule has 1 amide bonds. The molecule has 2 N–H and O–H groups in total. The fraction of sp³-hybridized carbons (Fsp3) is 0.737. The number of hydrogen-bond acceptors (Lipinski definition) is 4. The van der Waals surface area contributed by atoms with Gasteiger partial charge in [-0.3, -0.25) is 9.79 Å². The molecule has 164 valence electrons. The third-order valence-electron chi connectivity index (χ3n) is 5.18. The number of carbonyl (C=O) groups excluding carboxylic acids is 1. The molecule has 1 aromatic rings. The summed E-state index contributed by atoms with van der Waals surface area (Å²) in [6, 6.07) is 0.212. The minimum Gasteiger partial charge on any atom is -0.356 e. The molecule has 2 heterocycles. The SMILES string of the molecule is CCC(CC)C(=O)N1CCC(NC(=NC)NCCc2nc(C(F)(F)F)cs2)CC1. The van der Waals surface area contributed by atoms with E-state index >= 15 is 0 Å². The van der Waals surface area contributed by atoms with Crippen molar-refractivity contribution >= 4 is 23.2 Å². The zero-order valence-corrected chi connectivity index (χ0v) is 18.0. The average molecular weight is 434 g/mol. The van der Waals surface area contributed by atoms with Gasteiger partial charge in [-0.05, 0) is 25.7 Å². The molecule has 0 saturated carbocycles. The lowest BCUT2D eigenvalue weighted by atomic mass is 9.98. The Kier molecular flexibility index (Phi) is 8.73. The predicted octanol–water partition coefficient (Wildman–Crippen LogP) is 3.30. The number of rotatable bonds is 7. The molecule has 2 rings (SSSR count). The van der Waals surface area contributed by atoms with Crippen molar-refractivity contribution in [2.75, 3.05) is 26.7 Å². The van der Waals surface area contributed by atoms with Gasteiger partial charge in [0.2, 0.25) is 5.91 Å². The Morgan fingerprint density at radius 2 is 2.00 bits per heavy atom. The van der Waals surface area contributed by atoms with Gasteiger partial charge in [-0.15, -0.1) is 11.3 Å². The van der Waals surface area contributed by atoms with Gasteiger partial charge in [0.15, 0.2) is 11.7 Å². The van der Waals surface area contributed by atoms with E-state index in [0.29, 0.717) is 23.9 Å². The van der Waals surface area contributed by atoms with Crippen LogP contribution in [0.5, 0.6) is 0 Å². The lowest BCUT2D eigenvalue weighted by Gasteiger charge is -2.34. The number of hydrogen-bond donors (Lipinski definition) is 2. The second-order valence-electron chi connectivity index (χ2n) is 7.13. The number of piperidine rings is 1. The summed E-state index contributed by atoms with van der Waals surface area (Å²) >= 11 is 1.01. The Labute approximate surface area is 174 Å². The van der Waals surface area contributed by atoms with Crippen LogP contribution < -0.4 is 10.6 Å². The van der Waals surface area contributed by atoms with Gasteiger partial charge < -0.3 is 15.5 Å². The quantitative estimate of drug-likeness (QED) is 0.511. The van der Waals surface area contributed by atoms with Gasteiger partial charge in [-0.1, -0.05) is 13.8 Å². The standard InChI is InChI=1S/C19H30F3N5OS/c1-4-13(5-2)17(28)27-10-7-14(8-11-27)25-18(23-3)24-9-6-16-26-15(12-29-16)19(20,21)22/h12-14H,4-11H2,1-3H3,(H2,23,24,25). The Bertz CT molecular complexity index is 680. The minimum atomic E-state index is -4.40. The lowest BCUT2D eigenvalue weighted by Crippen LogP contribution is -2.50. The Balaban J connectivity index is 1.74. The van der Waals surface area contributed by atoms with E-state index in [1.165, 1.54) is 0 Å². The number of halogens is 3. The van der Waals surface area contributed by atoms with E-state index in [0.717, 1.165) is 55.5 Å². The van der Waals surface area contributed by atoms with Crippen LogP contribution in [0.1, 0.15) is 50.2 Å². The number of alkyl halides is 3. The van der Waals surface area contributed by atoms with Crippen molar-refractivity contribution in [2.24, 2.45) is 10.9 Å². The Morgan fingerprint density at radius 3 is 2.52 bits per heavy atom. The van der Waals surface area contributed by atoms with E-state index in [1.54, 1.807) is 7.05 Å². The molecule has 10 heteroatoms. The van der Waals surface area contributed by atoms with Crippen molar-refractivity contribution in [2.45, 2.75) is 58.2 Å². The monoisotopic (exact) mass is 433 g/mol. The van der Waals surface area contributed by atoms with E-state index in [1.807, 2.05) is 18.7 Å². The summed E-state index contributed by atoms with van der Waals surface area (Å²) in [4.78, 5) is 22.2. The molecule has 0 bridgehead atoms. The van der Waals surface area contributed by atoms with E-state index in [9.17, 15) is 18.0 Å². The Hall–Kier alpha value is -1.84. The Morgan fingerprint density at radius 1 is 1.34 bits per heavy atom. The first-order chi connectivity index (χ1) is 13.8. The molecule has 6 nitrogen and oxygen atoms in total. The van der Waals surface area contributed by atoms with Crippen molar-refractivity contribution in [3.8, 4) is 0 Å². The van der Waals surface area contributed by atoms with Gasteiger partial charge in [-0.25, -0.2) is 4.98 Å². The molecule has 0 spiro atoms. The third kappa shape index (κ3) is 6.87. The predicted molar refractivity (Wildman–Crippen MR) is 109 cm³/mol. The number of aromatic nitrogens is 1. The van der Waals surface area contributed by atoms with Crippen LogP contribution in [0.15, 0.2) is 10.4 Å². The summed E-state index contributed by atoms with van der Waals surface area (Å²) in [5.41, 5.74) is -0.838. The summed E-state index contributed by atoms with van der Waals surface area (Å²) in [6.45, 7) is 5.99. The van der Waals surface area contributed by atoms with Crippen molar-refractivity contribution in [1.29, 1.82) is 0 Å². The summed E-state index contributed by atoms with van der Waals surface area (Å²) in [5, 5.41) is 7.95. The van der Waals surface area contributed by atoms with Gasteiger partial charge in [0.25, 0.3) is 0 Å². The second kappa shape index (κ2) is 10.8. The lowest BCUT2D eigenvalue weighted by molar-refractivity contribution is -0.140. The maximum Gasteiger partial charge on any atom is 0.434 e. The molecule has 1 aromatic heterocycles. The van der Waals surface area contributed by atoms with Crippen LogP contribution in [-0.4, -0.2) is 54.5 Å². The summed E-state index contributed by atoms with van der Waals surface area (Å²) < 4.78 is 37.8. The van der Waals surface area contributed by atoms with Gasteiger partial charge in [0.05, 0.1) is 5.01 Å². The van der Waals surface area contributed by atoms with Crippen LogP contribution >= 0.6 is 11.3 Å². The van der Waals surface area contributed by atoms with Gasteiger partial charge in [0.1, 0.15) is 0 Å². The number of nitrogens with one attached hydrogen (secondary N) is 2. The molecule has 0 aromatic carbocycles. The molecule has 1 fully saturated rings. The van der Waals surface area contributed by atoms with Gasteiger partial charge >= 0.3 is 6.18 Å².